The van der Waals surface area contributed by atoms with Gasteiger partial charge < -0.3 is 4.90 Å². The van der Waals surface area contributed by atoms with Crippen molar-refractivity contribution in [1.82, 2.24) is 15.2 Å². The zero-order valence-electron chi connectivity index (χ0n) is 11.2. The Kier molecular flexibility index (Phi) is 3.73. The number of amides is 1. The number of anilines is 1. The molecule has 0 radical (unpaired) electrons. The van der Waals surface area contributed by atoms with Crippen molar-refractivity contribution in [3.63, 3.8) is 0 Å². The Bertz CT molecular complexity index is 582. The summed E-state index contributed by atoms with van der Waals surface area (Å²) in [6.07, 6.45) is 3.35. The lowest BCUT2D eigenvalue weighted by atomic mass is 10.1. The van der Waals surface area contributed by atoms with Gasteiger partial charge in [-0.15, -0.1) is 0 Å². The van der Waals surface area contributed by atoms with E-state index in [9.17, 15) is 4.79 Å². The van der Waals surface area contributed by atoms with E-state index in [-0.39, 0.29) is 11.2 Å². The summed E-state index contributed by atoms with van der Waals surface area (Å²) in [5, 5.41) is 7.23. The van der Waals surface area contributed by atoms with Gasteiger partial charge in [0.2, 0.25) is 5.91 Å². The number of nitrogens with zero attached hydrogens (tertiary/aromatic N) is 3. The van der Waals surface area contributed by atoms with Gasteiger partial charge >= 0.3 is 0 Å². The molecular weight excluding hydrogens is 272 g/mol. The number of aryl methyl sites for hydroxylation is 1. The van der Waals surface area contributed by atoms with E-state index < -0.39 is 0 Å². The molecule has 104 valence electrons. The van der Waals surface area contributed by atoms with E-state index >= 15 is 0 Å². The van der Waals surface area contributed by atoms with E-state index in [4.69, 9.17) is 0 Å². The average molecular weight is 288 g/mol. The smallest absolute Gasteiger partial charge is 0.240 e. The monoisotopic (exact) mass is 288 g/mol. The average Bonchev–Trinajstić information content (AvgIpc) is 2.95. The van der Waals surface area contributed by atoms with E-state index in [1.54, 1.807) is 0 Å². The van der Waals surface area contributed by atoms with Crippen molar-refractivity contribution in [3.05, 3.63) is 36.2 Å². The van der Waals surface area contributed by atoms with Gasteiger partial charge in [-0.25, -0.2) is 4.98 Å². The lowest BCUT2D eigenvalue weighted by molar-refractivity contribution is -0.119. The van der Waals surface area contributed by atoms with Gasteiger partial charge in [0.05, 0.1) is 5.25 Å². The van der Waals surface area contributed by atoms with E-state index in [1.165, 1.54) is 23.7 Å². The number of hydrogen-bond donors (Lipinski definition) is 1. The molecule has 2 aromatic rings. The molecule has 1 saturated heterocycles. The number of aromatic nitrogens is 3. The fraction of sp³-hybridized carbons (Fsp3) is 0.357. The molecule has 1 amide bonds. The number of hydrogen-bond acceptors (Lipinski definition) is 4. The number of H-pyrrole nitrogens is 1. The highest BCUT2D eigenvalue weighted by atomic mass is 32.2. The fourth-order valence-electron chi connectivity index (χ4n) is 2.32. The Labute approximate surface area is 121 Å². The molecule has 3 rings (SSSR count). The molecule has 1 N–H and O–H groups in total. The number of benzene rings is 1. The minimum absolute atomic E-state index is 0.0852. The number of aromatic amines is 1. The summed E-state index contributed by atoms with van der Waals surface area (Å²) in [4.78, 5) is 18.5. The zero-order valence-corrected chi connectivity index (χ0v) is 12.1. The van der Waals surface area contributed by atoms with Crippen LogP contribution in [-0.4, -0.2) is 32.9 Å². The second-order valence-corrected chi connectivity index (χ2v) is 6.06. The van der Waals surface area contributed by atoms with Gasteiger partial charge in [0, 0.05) is 12.2 Å². The van der Waals surface area contributed by atoms with Crippen LogP contribution >= 0.6 is 11.8 Å². The SMILES string of the molecule is Cc1ccc(N2CCC[C@@H](Sc3ncn[nH]3)C2=O)cc1. The van der Waals surface area contributed by atoms with Crippen LogP contribution in [0.2, 0.25) is 0 Å². The number of piperidine rings is 1. The Hall–Kier alpha value is -1.82. The van der Waals surface area contributed by atoms with Crippen LogP contribution in [0.4, 0.5) is 5.69 Å². The van der Waals surface area contributed by atoms with Crippen molar-refractivity contribution in [2.45, 2.75) is 30.2 Å². The van der Waals surface area contributed by atoms with E-state index in [0.29, 0.717) is 5.16 Å². The van der Waals surface area contributed by atoms with Crippen molar-refractivity contribution in [2.75, 3.05) is 11.4 Å². The van der Waals surface area contributed by atoms with Gasteiger partial charge in [-0.3, -0.25) is 9.89 Å². The van der Waals surface area contributed by atoms with Gasteiger partial charge in [-0.05, 0) is 31.9 Å². The van der Waals surface area contributed by atoms with Gasteiger partial charge in [-0.1, -0.05) is 29.5 Å². The number of carbonyl (C=O) groups excluding carboxylic acids is 1. The molecule has 20 heavy (non-hydrogen) atoms. The maximum atomic E-state index is 12.6. The minimum atomic E-state index is -0.0852. The van der Waals surface area contributed by atoms with Crippen LogP contribution in [0.15, 0.2) is 35.7 Å². The first-order valence-electron chi connectivity index (χ1n) is 6.64. The Morgan fingerprint density at radius 1 is 1.35 bits per heavy atom. The van der Waals surface area contributed by atoms with Crippen LogP contribution < -0.4 is 4.90 Å². The van der Waals surface area contributed by atoms with Gasteiger partial charge in [-0.2, -0.15) is 5.10 Å². The minimum Gasteiger partial charge on any atom is -0.311 e. The number of rotatable bonds is 3. The molecular formula is C14H16N4OS. The predicted molar refractivity (Wildman–Crippen MR) is 78.8 cm³/mol. The second-order valence-electron chi connectivity index (χ2n) is 4.86. The maximum absolute atomic E-state index is 12.6. The summed E-state index contributed by atoms with van der Waals surface area (Å²) in [7, 11) is 0. The van der Waals surface area contributed by atoms with Crippen LogP contribution in [-0.2, 0) is 4.79 Å². The van der Waals surface area contributed by atoms with E-state index in [2.05, 4.69) is 15.2 Å². The largest absolute Gasteiger partial charge is 0.311 e. The first-order valence-corrected chi connectivity index (χ1v) is 7.52. The summed E-state index contributed by atoms with van der Waals surface area (Å²) in [5.74, 6) is 0.154. The number of carbonyl (C=O) groups is 1. The molecule has 0 unspecified atom stereocenters. The van der Waals surface area contributed by atoms with Crippen molar-refractivity contribution in [2.24, 2.45) is 0 Å². The highest BCUT2D eigenvalue weighted by Gasteiger charge is 2.31. The normalized spacial score (nSPS) is 19.4. The van der Waals surface area contributed by atoms with Crippen LogP contribution in [0.25, 0.3) is 0 Å². The standard InChI is InChI=1S/C14H16N4OS/c1-10-4-6-11(7-5-10)18-8-2-3-12(13(18)19)20-14-15-9-16-17-14/h4-7,9,12H,2-3,8H2,1H3,(H,15,16,17)/t12-/m1/s1. The first kappa shape index (κ1) is 13.2. The third-order valence-electron chi connectivity index (χ3n) is 3.38. The third kappa shape index (κ3) is 2.70. The number of thioether (sulfide) groups is 1. The van der Waals surface area contributed by atoms with Crippen molar-refractivity contribution in [1.29, 1.82) is 0 Å². The van der Waals surface area contributed by atoms with Crippen molar-refractivity contribution in [3.8, 4) is 0 Å². The molecule has 2 heterocycles. The fourth-order valence-corrected chi connectivity index (χ4v) is 3.31. The third-order valence-corrected chi connectivity index (χ3v) is 4.52. The first-order chi connectivity index (χ1) is 9.74. The Balaban J connectivity index is 1.76. The van der Waals surface area contributed by atoms with Crippen LogP contribution in [0, 0.1) is 6.92 Å². The number of nitrogens with one attached hydrogen (secondary N) is 1. The highest BCUT2D eigenvalue weighted by Crippen LogP contribution is 2.30. The molecule has 0 spiro atoms. The molecule has 1 fully saturated rings. The Morgan fingerprint density at radius 2 is 2.15 bits per heavy atom. The molecule has 0 aliphatic carbocycles. The zero-order chi connectivity index (χ0) is 13.9. The highest BCUT2D eigenvalue weighted by molar-refractivity contribution is 8.00. The summed E-state index contributed by atoms with van der Waals surface area (Å²) >= 11 is 1.46. The van der Waals surface area contributed by atoms with Gasteiger partial charge in [0.25, 0.3) is 0 Å². The molecule has 5 nitrogen and oxygen atoms in total. The Morgan fingerprint density at radius 3 is 2.85 bits per heavy atom. The maximum Gasteiger partial charge on any atom is 0.240 e. The second kappa shape index (κ2) is 5.66. The predicted octanol–water partition coefficient (Wildman–Crippen LogP) is 2.40. The summed E-state index contributed by atoms with van der Waals surface area (Å²) < 4.78 is 0. The van der Waals surface area contributed by atoms with Crippen molar-refractivity contribution < 1.29 is 4.79 Å². The molecule has 0 bridgehead atoms. The molecule has 1 atom stereocenters. The van der Waals surface area contributed by atoms with Gasteiger partial charge in [0.1, 0.15) is 6.33 Å². The molecule has 0 saturated carbocycles. The van der Waals surface area contributed by atoms with E-state index in [0.717, 1.165) is 25.1 Å². The topological polar surface area (TPSA) is 61.9 Å². The van der Waals surface area contributed by atoms with Crippen LogP contribution in [0.5, 0.6) is 0 Å². The molecule has 1 aromatic carbocycles. The van der Waals surface area contributed by atoms with E-state index in [1.807, 2.05) is 36.1 Å². The van der Waals surface area contributed by atoms with Crippen LogP contribution in [0.3, 0.4) is 0 Å². The van der Waals surface area contributed by atoms with Crippen LogP contribution in [0.1, 0.15) is 18.4 Å². The molecule has 1 aliphatic heterocycles. The lowest BCUT2D eigenvalue weighted by Crippen LogP contribution is -2.43. The van der Waals surface area contributed by atoms with Gasteiger partial charge in [0.15, 0.2) is 5.16 Å². The summed E-state index contributed by atoms with van der Waals surface area (Å²) in [6, 6.07) is 8.09. The molecule has 1 aliphatic rings. The molecule has 1 aromatic heterocycles. The lowest BCUT2D eigenvalue weighted by Gasteiger charge is -2.31. The summed E-state index contributed by atoms with van der Waals surface area (Å²) in [5.41, 5.74) is 2.18. The summed E-state index contributed by atoms with van der Waals surface area (Å²) in [6.45, 7) is 2.83. The quantitative estimate of drug-likeness (QED) is 0.942. The molecule has 6 heteroatoms. The van der Waals surface area contributed by atoms with Crippen molar-refractivity contribution >= 4 is 23.4 Å².